The van der Waals surface area contributed by atoms with Gasteiger partial charge in [-0.3, -0.25) is 33.6 Å². The molecule has 1 aliphatic heterocycles. The van der Waals surface area contributed by atoms with Crippen molar-refractivity contribution < 1.29 is 33.6 Å². The fraction of sp³-hybridized carbons (Fsp3) is 0.605. The first-order chi connectivity index (χ1) is 25.1. The second-order valence-corrected chi connectivity index (χ2v) is 14.5. The van der Waals surface area contributed by atoms with Crippen LogP contribution in [0.25, 0.3) is 10.9 Å². The van der Waals surface area contributed by atoms with Crippen molar-refractivity contribution in [2.45, 2.75) is 124 Å². The molecule has 1 aromatic carbocycles. The maximum absolute atomic E-state index is 13.8. The lowest BCUT2D eigenvalue weighted by molar-refractivity contribution is -0.137. The molecule has 1 saturated heterocycles. The quantitative estimate of drug-likeness (QED) is 0.208. The van der Waals surface area contributed by atoms with E-state index in [0.717, 1.165) is 16.5 Å². The van der Waals surface area contributed by atoms with Gasteiger partial charge in [-0.25, -0.2) is 0 Å². The molecule has 1 aromatic heterocycles. The van der Waals surface area contributed by atoms with Crippen molar-refractivity contribution in [3.63, 3.8) is 0 Å². The average Bonchev–Trinajstić information content (AvgIpc) is 3.53. The lowest BCUT2D eigenvalue weighted by Gasteiger charge is -2.31. The molecule has 0 spiro atoms. The molecular weight excluding hydrogens is 680 g/mol. The van der Waals surface area contributed by atoms with Crippen LogP contribution in [0.5, 0.6) is 0 Å². The highest BCUT2D eigenvalue weighted by Crippen LogP contribution is 2.20. The monoisotopic (exact) mass is 738 g/mol. The number of H-pyrrole nitrogens is 1. The molecule has 8 atom stereocenters. The predicted molar refractivity (Wildman–Crippen MR) is 201 cm³/mol. The zero-order chi connectivity index (χ0) is 39.4. The molecule has 2 aromatic rings. The van der Waals surface area contributed by atoms with E-state index in [1.165, 1.54) is 13.8 Å². The summed E-state index contributed by atoms with van der Waals surface area (Å²) in [5.41, 5.74) is 1.66. The zero-order valence-corrected chi connectivity index (χ0v) is 32.2. The van der Waals surface area contributed by atoms with Crippen LogP contribution in [0, 0.1) is 17.8 Å². The molecule has 0 bridgehead atoms. The van der Waals surface area contributed by atoms with Gasteiger partial charge < -0.3 is 42.2 Å². The van der Waals surface area contributed by atoms with Crippen molar-refractivity contribution in [2.24, 2.45) is 17.8 Å². The summed E-state index contributed by atoms with van der Waals surface area (Å²) in [5.74, 6) is -4.94. The number of amides is 7. The van der Waals surface area contributed by atoms with Gasteiger partial charge in [0.1, 0.15) is 36.3 Å². The Morgan fingerprint density at radius 2 is 1.17 bits per heavy atom. The fourth-order valence-electron chi connectivity index (χ4n) is 6.06. The van der Waals surface area contributed by atoms with Gasteiger partial charge >= 0.3 is 0 Å². The van der Waals surface area contributed by atoms with Crippen LogP contribution >= 0.6 is 0 Å². The first-order valence-electron chi connectivity index (χ1n) is 18.7. The summed E-state index contributed by atoms with van der Waals surface area (Å²) >= 11 is 0. The summed E-state index contributed by atoms with van der Waals surface area (Å²) in [6, 6.07) is 1.35. The SMILES string of the molecule is CC[C@H](C)[C@@H]1NC(=O)[C@@H](C(C)C)NC(=O)[C@@H](C)NC(=O)CCCNC(=O)[C@@H](Cc2c[nH]c3ccccc23)NC(=O)[C@@H](C)NC(=O)[C@@H]([C@@H](C)CC)NC1=O. The number of fused-ring (bicyclic) bond motifs is 1. The van der Waals surface area contributed by atoms with E-state index in [1.54, 1.807) is 33.9 Å². The van der Waals surface area contributed by atoms with Crippen molar-refractivity contribution in [1.29, 1.82) is 0 Å². The number of aromatic amines is 1. The first kappa shape index (κ1) is 42.5. The molecule has 1 aliphatic rings. The number of rotatable bonds is 7. The second kappa shape index (κ2) is 19.8. The molecule has 0 aliphatic carbocycles. The van der Waals surface area contributed by atoms with Gasteiger partial charge in [-0.1, -0.05) is 72.6 Å². The van der Waals surface area contributed by atoms with Gasteiger partial charge in [0.15, 0.2) is 0 Å². The number of nitrogens with one attached hydrogen (secondary N) is 8. The number of benzene rings is 1. The Morgan fingerprint density at radius 1 is 0.642 bits per heavy atom. The van der Waals surface area contributed by atoms with Gasteiger partial charge in [0.25, 0.3) is 0 Å². The summed E-state index contributed by atoms with van der Waals surface area (Å²) in [4.78, 5) is 97.4. The van der Waals surface area contributed by atoms with E-state index in [4.69, 9.17) is 0 Å². The molecule has 15 heteroatoms. The zero-order valence-electron chi connectivity index (χ0n) is 32.2. The highest BCUT2D eigenvalue weighted by atomic mass is 16.2. The average molecular weight is 739 g/mol. The van der Waals surface area contributed by atoms with Crippen LogP contribution in [-0.2, 0) is 40.0 Å². The minimum Gasteiger partial charge on any atom is -0.361 e. The number of aromatic nitrogens is 1. The third-order valence-corrected chi connectivity index (χ3v) is 9.97. The Bertz CT molecular complexity index is 1620. The second-order valence-electron chi connectivity index (χ2n) is 14.5. The molecule has 53 heavy (non-hydrogen) atoms. The molecule has 7 amide bonds. The van der Waals surface area contributed by atoms with Gasteiger partial charge in [0.2, 0.25) is 41.4 Å². The lowest BCUT2D eigenvalue weighted by atomic mass is 9.94. The molecule has 0 unspecified atom stereocenters. The summed E-state index contributed by atoms with van der Waals surface area (Å²) in [5, 5.41) is 20.1. The fourth-order valence-corrected chi connectivity index (χ4v) is 6.06. The van der Waals surface area contributed by atoms with Crippen molar-refractivity contribution in [3.05, 3.63) is 36.0 Å². The minimum atomic E-state index is -1.09. The molecule has 292 valence electrons. The maximum Gasteiger partial charge on any atom is 0.243 e. The van der Waals surface area contributed by atoms with Crippen molar-refractivity contribution in [1.82, 2.24) is 42.2 Å². The highest BCUT2D eigenvalue weighted by molar-refractivity contribution is 5.97. The van der Waals surface area contributed by atoms with E-state index in [0.29, 0.717) is 12.8 Å². The Hall–Kier alpha value is -4.95. The van der Waals surface area contributed by atoms with Gasteiger partial charge in [-0.05, 0) is 49.7 Å². The first-order valence-corrected chi connectivity index (χ1v) is 18.7. The largest absolute Gasteiger partial charge is 0.361 e. The number of hydrogen-bond acceptors (Lipinski definition) is 7. The van der Waals surface area contributed by atoms with E-state index in [1.807, 2.05) is 38.1 Å². The summed E-state index contributed by atoms with van der Waals surface area (Å²) in [7, 11) is 0. The topological polar surface area (TPSA) is 219 Å². The third-order valence-electron chi connectivity index (χ3n) is 9.97. The number of carbonyl (C=O) groups is 7. The predicted octanol–water partition coefficient (Wildman–Crippen LogP) is 1.32. The molecule has 0 radical (unpaired) electrons. The molecule has 2 heterocycles. The highest BCUT2D eigenvalue weighted by Gasteiger charge is 2.36. The Kier molecular flexibility index (Phi) is 15.8. The van der Waals surface area contributed by atoms with Crippen LogP contribution in [0.2, 0.25) is 0 Å². The van der Waals surface area contributed by atoms with E-state index < -0.39 is 77.6 Å². The van der Waals surface area contributed by atoms with Crippen LogP contribution in [0.15, 0.2) is 30.5 Å². The molecule has 15 nitrogen and oxygen atoms in total. The van der Waals surface area contributed by atoms with Gasteiger partial charge in [0.05, 0.1) is 0 Å². The molecular formula is C38H58N8O7. The van der Waals surface area contributed by atoms with Crippen LogP contribution in [-0.4, -0.2) is 89.1 Å². The Morgan fingerprint density at radius 3 is 1.77 bits per heavy atom. The Balaban J connectivity index is 1.95. The van der Waals surface area contributed by atoms with Crippen LogP contribution in [0.3, 0.4) is 0 Å². The smallest absolute Gasteiger partial charge is 0.243 e. The minimum absolute atomic E-state index is 0.00240. The summed E-state index contributed by atoms with van der Waals surface area (Å²) < 4.78 is 0. The van der Waals surface area contributed by atoms with Crippen LogP contribution in [0.1, 0.15) is 86.6 Å². The number of para-hydroxylation sites is 1. The molecule has 8 N–H and O–H groups in total. The van der Waals surface area contributed by atoms with Crippen LogP contribution in [0.4, 0.5) is 0 Å². The standard InChI is InChI=1S/C38H58N8O7/c1-9-21(5)31-37(52)42-24(8)33(48)43-28(18-25-19-40-27-15-12-11-14-26(25)27)35(50)39-17-13-16-29(47)41-23(7)34(49)44-30(20(3)4)36(51)45-32(22(6)10-2)38(53)46-31/h11-12,14-15,19-24,28,30-32,40H,9-10,13,16-18H2,1-8H3,(H,39,50)(H,41,47)(H,42,52)(H,43,48)(H,44,49)(H,45,51)(H,46,53)/t21-,22-,23+,24+,28+,30+,31+,32-/m0/s1. The summed E-state index contributed by atoms with van der Waals surface area (Å²) in [6.07, 6.45) is 3.20. The van der Waals surface area contributed by atoms with E-state index in [2.05, 4.69) is 42.2 Å². The lowest BCUT2D eigenvalue weighted by Crippen LogP contribution is -2.62. The van der Waals surface area contributed by atoms with E-state index in [9.17, 15) is 33.6 Å². The molecule has 1 fully saturated rings. The van der Waals surface area contributed by atoms with Crippen molar-refractivity contribution in [3.8, 4) is 0 Å². The van der Waals surface area contributed by atoms with Crippen LogP contribution < -0.4 is 37.2 Å². The number of hydrogen-bond donors (Lipinski definition) is 8. The normalized spacial score (nSPS) is 26.3. The van der Waals surface area contributed by atoms with Gasteiger partial charge in [-0.15, -0.1) is 0 Å². The maximum atomic E-state index is 13.8. The number of carbonyl (C=O) groups excluding carboxylic acids is 7. The summed E-state index contributed by atoms with van der Waals surface area (Å²) in [6.45, 7) is 13.9. The Labute approximate surface area is 311 Å². The molecule has 3 rings (SSSR count). The van der Waals surface area contributed by atoms with E-state index >= 15 is 0 Å². The van der Waals surface area contributed by atoms with Gasteiger partial charge in [0, 0.05) is 36.5 Å². The van der Waals surface area contributed by atoms with Gasteiger partial charge in [-0.2, -0.15) is 0 Å². The molecule has 0 saturated carbocycles. The van der Waals surface area contributed by atoms with Crippen molar-refractivity contribution >= 4 is 52.3 Å². The third kappa shape index (κ3) is 11.8. The van der Waals surface area contributed by atoms with E-state index in [-0.39, 0.29) is 43.6 Å². The van der Waals surface area contributed by atoms with Crippen molar-refractivity contribution in [2.75, 3.05) is 6.54 Å².